The number of aryl methyl sites for hydroxylation is 2. The minimum atomic E-state index is 0.463. The van der Waals surface area contributed by atoms with Crippen LogP contribution >= 0.6 is 0 Å². The van der Waals surface area contributed by atoms with Crippen molar-refractivity contribution < 1.29 is 0 Å². The lowest BCUT2D eigenvalue weighted by Gasteiger charge is -2.24. The van der Waals surface area contributed by atoms with Crippen molar-refractivity contribution in [3.05, 3.63) is 34.9 Å². The summed E-state index contributed by atoms with van der Waals surface area (Å²) in [4.78, 5) is 5.07. The van der Waals surface area contributed by atoms with Gasteiger partial charge in [0, 0.05) is 19.1 Å². The third-order valence-corrected chi connectivity index (χ3v) is 4.54. The van der Waals surface area contributed by atoms with E-state index in [0.717, 1.165) is 0 Å². The highest BCUT2D eigenvalue weighted by molar-refractivity contribution is 5.30. The number of likely N-dealkylation sites (N-methyl/N-ethyl adjacent to an activating group) is 1. The Morgan fingerprint density at radius 1 is 1.05 bits per heavy atom. The summed E-state index contributed by atoms with van der Waals surface area (Å²) in [7, 11) is 4.31. The van der Waals surface area contributed by atoms with E-state index in [1.807, 2.05) is 0 Å². The number of nitrogens with zero attached hydrogens (tertiary/aromatic N) is 2. The fourth-order valence-electron chi connectivity index (χ4n) is 3.32. The molecule has 0 radical (unpaired) electrons. The zero-order valence-corrected chi connectivity index (χ0v) is 14.2. The summed E-state index contributed by atoms with van der Waals surface area (Å²) < 4.78 is 0. The van der Waals surface area contributed by atoms with Gasteiger partial charge in [-0.05, 0) is 66.0 Å². The summed E-state index contributed by atoms with van der Waals surface area (Å²) in [5, 5.41) is 3.50. The van der Waals surface area contributed by atoms with Crippen molar-refractivity contribution in [1.29, 1.82) is 0 Å². The van der Waals surface area contributed by atoms with Crippen LogP contribution in [0.3, 0.4) is 0 Å². The molecule has 0 saturated carbocycles. The van der Waals surface area contributed by atoms with Crippen LogP contribution in [-0.4, -0.2) is 56.6 Å². The number of hydrogen-bond donors (Lipinski definition) is 1. The first-order valence-electron chi connectivity index (χ1n) is 8.25. The molecule has 0 aliphatic carbocycles. The summed E-state index contributed by atoms with van der Waals surface area (Å²) >= 11 is 0. The van der Waals surface area contributed by atoms with E-state index in [9.17, 15) is 0 Å². The van der Waals surface area contributed by atoms with Crippen LogP contribution in [0.25, 0.3) is 0 Å². The van der Waals surface area contributed by atoms with Crippen molar-refractivity contribution in [2.75, 3.05) is 46.8 Å². The third-order valence-electron chi connectivity index (χ3n) is 4.54. The molecule has 1 fully saturated rings. The van der Waals surface area contributed by atoms with Gasteiger partial charge in [-0.3, -0.25) is 0 Å². The lowest BCUT2D eigenvalue weighted by Crippen LogP contribution is -2.32. The maximum atomic E-state index is 3.50. The van der Waals surface area contributed by atoms with Crippen molar-refractivity contribution in [2.45, 2.75) is 32.7 Å². The number of hydrogen-bond acceptors (Lipinski definition) is 3. The maximum absolute atomic E-state index is 3.50. The van der Waals surface area contributed by atoms with E-state index in [1.54, 1.807) is 0 Å². The van der Waals surface area contributed by atoms with Crippen LogP contribution in [0.1, 0.15) is 35.6 Å². The van der Waals surface area contributed by atoms with Crippen LogP contribution in [0.2, 0.25) is 0 Å². The molecule has 1 aliphatic heterocycles. The zero-order chi connectivity index (χ0) is 15.2. The smallest absolute Gasteiger partial charge is 0.0329 e. The number of nitrogens with one attached hydrogen (secondary N) is 1. The van der Waals surface area contributed by atoms with Crippen LogP contribution in [0.15, 0.2) is 18.2 Å². The summed E-state index contributed by atoms with van der Waals surface area (Å²) in [5.74, 6) is 0. The van der Waals surface area contributed by atoms with Gasteiger partial charge in [-0.25, -0.2) is 0 Å². The van der Waals surface area contributed by atoms with E-state index in [4.69, 9.17) is 0 Å². The molecule has 1 aliphatic rings. The van der Waals surface area contributed by atoms with Crippen LogP contribution in [0.4, 0.5) is 0 Å². The van der Waals surface area contributed by atoms with E-state index in [1.165, 1.54) is 62.3 Å². The standard InChI is InChI=1S/C18H31N3/c1-15-12-16(2)14-17(13-15)18(19-3)6-9-21-8-5-7-20(4)10-11-21/h12-14,18-19H,5-11H2,1-4H3. The van der Waals surface area contributed by atoms with Crippen molar-refractivity contribution in [3.63, 3.8) is 0 Å². The molecule has 0 amide bonds. The molecule has 21 heavy (non-hydrogen) atoms. The molecule has 2 rings (SSSR count). The predicted molar refractivity (Wildman–Crippen MR) is 90.9 cm³/mol. The number of rotatable bonds is 5. The van der Waals surface area contributed by atoms with Gasteiger partial charge in [-0.15, -0.1) is 0 Å². The second-order valence-corrected chi connectivity index (χ2v) is 6.55. The first kappa shape index (κ1) is 16.5. The van der Waals surface area contributed by atoms with Gasteiger partial charge in [0.15, 0.2) is 0 Å². The van der Waals surface area contributed by atoms with Gasteiger partial charge in [-0.2, -0.15) is 0 Å². The molecule has 1 saturated heterocycles. The first-order valence-corrected chi connectivity index (χ1v) is 8.25. The van der Waals surface area contributed by atoms with Gasteiger partial charge in [0.1, 0.15) is 0 Å². The summed E-state index contributed by atoms with van der Waals surface area (Å²) in [6.45, 7) is 10.5. The predicted octanol–water partition coefficient (Wildman–Crippen LogP) is 2.59. The molecule has 0 spiro atoms. The fraction of sp³-hybridized carbons (Fsp3) is 0.667. The van der Waals surface area contributed by atoms with E-state index in [0.29, 0.717) is 6.04 Å². The first-order chi connectivity index (χ1) is 10.1. The highest BCUT2D eigenvalue weighted by atomic mass is 15.2. The molecule has 1 unspecified atom stereocenters. The largest absolute Gasteiger partial charge is 0.313 e. The minimum absolute atomic E-state index is 0.463. The van der Waals surface area contributed by atoms with Gasteiger partial charge < -0.3 is 15.1 Å². The Kier molecular flexibility index (Phi) is 6.22. The second kappa shape index (κ2) is 7.92. The Morgan fingerprint density at radius 2 is 1.76 bits per heavy atom. The lowest BCUT2D eigenvalue weighted by atomic mass is 9.99. The molecule has 3 heteroatoms. The van der Waals surface area contributed by atoms with Crippen LogP contribution < -0.4 is 5.32 Å². The van der Waals surface area contributed by atoms with Gasteiger partial charge in [0.2, 0.25) is 0 Å². The van der Waals surface area contributed by atoms with Gasteiger partial charge >= 0.3 is 0 Å². The minimum Gasteiger partial charge on any atom is -0.313 e. The maximum Gasteiger partial charge on any atom is 0.0329 e. The van der Waals surface area contributed by atoms with Crippen LogP contribution in [0.5, 0.6) is 0 Å². The molecule has 0 aromatic heterocycles. The van der Waals surface area contributed by atoms with E-state index >= 15 is 0 Å². The molecule has 1 aromatic rings. The van der Waals surface area contributed by atoms with Crippen LogP contribution in [-0.2, 0) is 0 Å². The Hall–Kier alpha value is -0.900. The average Bonchev–Trinajstić information content (AvgIpc) is 2.63. The molecule has 3 nitrogen and oxygen atoms in total. The molecule has 1 aromatic carbocycles. The van der Waals surface area contributed by atoms with Gasteiger partial charge in [0.25, 0.3) is 0 Å². The van der Waals surface area contributed by atoms with Gasteiger partial charge in [0.05, 0.1) is 0 Å². The van der Waals surface area contributed by atoms with E-state index in [-0.39, 0.29) is 0 Å². The van der Waals surface area contributed by atoms with Crippen LogP contribution in [0, 0.1) is 13.8 Å². The summed E-state index contributed by atoms with van der Waals surface area (Å²) in [6.07, 6.45) is 2.48. The molecule has 118 valence electrons. The van der Waals surface area contributed by atoms with Crippen molar-refractivity contribution in [2.24, 2.45) is 0 Å². The molecular weight excluding hydrogens is 258 g/mol. The second-order valence-electron chi connectivity index (χ2n) is 6.55. The number of benzene rings is 1. The Labute approximate surface area is 130 Å². The average molecular weight is 289 g/mol. The monoisotopic (exact) mass is 289 g/mol. The van der Waals surface area contributed by atoms with Gasteiger partial charge in [-0.1, -0.05) is 29.3 Å². The van der Waals surface area contributed by atoms with Crippen molar-refractivity contribution in [1.82, 2.24) is 15.1 Å². The summed E-state index contributed by atoms with van der Waals surface area (Å²) in [5.41, 5.74) is 4.16. The van der Waals surface area contributed by atoms with Crippen molar-refractivity contribution in [3.8, 4) is 0 Å². The zero-order valence-electron chi connectivity index (χ0n) is 14.2. The van der Waals surface area contributed by atoms with E-state index in [2.05, 4.69) is 61.3 Å². The highest BCUT2D eigenvalue weighted by Gasteiger charge is 2.15. The quantitative estimate of drug-likeness (QED) is 0.899. The lowest BCUT2D eigenvalue weighted by molar-refractivity contribution is 0.262. The Balaban J connectivity index is 1.92. The van der Waals surface area contributed by atoms with E-state index < -0.39 is 0 Å². The normalized spacial score (nSPS) is 19.4. The molecule has 1 atom stereocenters. The molecule has 1 heterocycles. The Morgan fingerprint density at radius 3 is 2.43 bits per heavy atom. The topological polar surface area (TPSA) is 18.5 Å². The highest BCUT2D eigenvalue weighted by Crippen LogP contribution is 2.20. The molecule has 1 N–H and O–H groups in total. The molecule has 0 bridgehead atoms. The van der Waals surface area contributed by atoms with Crippen molar-refractivity contribution >= 4 is 0 Å². The molecular formula is C18H31N3. The third kappa shape index (κ3) is 5.10. The fourth-order valence-corrected chi connectivity index (χ4v) is 3.32. The SMILES string of the molecule is CNC(CCN1CCCN(C)CC1)c1cc(C)cc(C)c1. The Bertz CT molecular complexity index is 424. The summed E-state index contributed by atoms with van der Waals surface area (Å²) in [6, 6.07) is 7.36.